The fraction of sp³-hybridized carbons (Fsp3) is 0.167. The smallest absolute Gasteiger partial charge is 0.221 e. The van der Waals surface area contributed by atoms with Gasteiger partial charge in [-0.15, -0.1) is 0 Å². The summed E-state index contributed by atoms with van der Waals surface area (Å²) in [4.78, 5) is 18.2. The van der Waals surface area contributed by atoms with E-state index in [4.69, 9.17) is 0 Å². The fourth-order valence-corrected chi connectivity index (χ4v) is 2.26. The molecular weight excluding hydrogens is 234 g/mol. The van der Waals surface area contributed by atoms with Gasteiger partial charge in [-0.1, -0.05) is 30.0 Å². The maximum Gasteiger partial charge on any atom is 0.221 e. The number of rotatable bonds is 4. The highest BCUT2D eigenvalue weighted by Crippen LogP contribution is 2.24. The predicted molar refractivity (Wildman–Crippen MR) is 68.9 cm³/mol. The standard InChI is InChI=1S/C12H13N3OS/c1-9(16)15-11-5-3-2-4-10(11)8-17-12-13-6-7-14-12/h2-7H,8H2,1H3,(H,13,14)(H,15,16). The lowest BCUT2D eigenvalue weighted by Crippen LogP contribution is -2.07. The van der Waals surface area contributed by atoms with Crippen LogP contribution in [0.3, 0.4) is 0 Å². The largest absolute Gasteiger partial charge is 0.340 e. The minimum atomic E-state index is -0.0551. The van der Waals surface area contributed by atoms with Gasteiger partial charge in [0.15, 0.2) is 5.16 Å². The van der Waals surface area contributed by atoms with Gasteiger partial charge in [0, 0.05) is 30.8 Å². The number of hydrogen-bond acceptors (Lipinski definition) is 3. The molecule has 88 valence electrons. The van der Waals surface area contributed by atoms with Gasteiger partial charge in [-0.25, -0.2) is 4.98 Å². The summed E-state index contributed by atoms with van der Waals surface area (Å²) in [6.45, 7) is 1.51. The maximum atomic E-state index is 11.1. The van der Waals surface area contributed by atoms with Crippen LogP contribution in [-0.4, -0.2) is 15.9 Å². The zero-order chi connectivity index (χ0) is 12.1. The van der Waals surface area contributed by atoms with Crippen LogP contribution in [0.4, 0.5) is 5.69 Å². The van der Waals surface area contributed by atoms with E-state index in [0.29, 0.717) is 0 Å². The molecule has 4 nitrogen and oxygen atoms in total. The Bertz CT molecular complexity index is 496. The fourth-order valence-electron chi connectivity index (χ4n) is 1.43. The molecule has 2 N–H and O–H groups in total. The highest BCUT2D eigenvalue weighted by Gasteiger charge is 2.04. The molecule has 1 aromatic carbocycles. The van der Waals surface area contributed by atoms with E-state index in [1.165, 1.54) is 6.92 Å². The van der Waals surface area contributed by atoms with Crippen molar-refractivity contribution in [2.24, 2.45) is 0 Å². The van der Waals surface area contributed by atoms with Crippen molar-refractivity contribution in [3.05, 3.63) is 42.2 Å². The first-order valence-corrected chi connectivity index (χ1v) is 6.22. The molecule has 0 spiro atoms. The number of benzene rings is 1. The third-order valence-corrected chi connectivity index (χ3v) is 3.12. The van der Waals surface area contributed by atoms with Crippen LogP contribution < -0.4 is 5.32 Å². The average molecular weight is 247 g/mol. The van der Waals surface area contributed by atoms with Crippen LogP contribution >= 0.6 is 11.8 Å². The Hall–Kier alpha value is -1.75. The molecule has 0 aliphatic rings. The summed E-state index contributed by atoms with van der Waals surface area (Å²) in [5.41, 5.74) is 1.95. The Morgan fingerprint density at radius 1 is 1.47 bits per heavy atom. The average Bonchev–Trinajstić information content (AvgIpc) is 2.80. The van der Waals surface area contributed by atoms with Gasteiger partial charge in [-0.3, -0.25) is 4.79 Å². The molecule has 1 heterocycles. The van der Waals surface area contributed by atoms with Crippen LogP contribution in [0.15, 0.2) is 41.8 Å². The quantitative estimate of drug-likeness (QED) is 0.817. The van der Waals surface area contributed by atoms with E-state index in [2.05, 4.69) is 15.3 Å². The van der Waals surface area contributed by atoms with Crippen LogP contribution in [0.5, 0.6) is 0 Å². The first kappa shape index (κ1) is 11.7. The number of imidazole rings is 1. The molecule has 1 aromatic heterocycles. The van der Waals surface area contributed by atoms with Crippen LogP contribution in [0.1, 0.15) is 12.5 Å². The normalized spacial score (nSPS) is 10.2. The van der Waals surface area contributed by atoms with Crippen molar-refractivity contribution in [2.45, 2.75) is 17.8 Å². The summed E-state index contributed by atoms with van der Waals surface area (Å²) in [5.74, 6) is 0.713. The Balaban J connectivity index is 2.06. The Labute approximate surface area is 104 Å². The molecule has 0 radical (unpaired) electrons. The van der Waals surface area contributed by atoms with Crippen molar-refractivity contribution in [3.8, 4) is 0 Å². The third kappa shape index (κ3) is 3.35. The van der Waals surface area contributed by atoms with E-state index in [1.807, 2.05) is 24.3 Å². The van der Waals surface area contributed by atoms with Gasteiger partial charge in [-0.05, 0) is 11.6 Å². The molecule has 2 aromatic rings. The molecule has 0 aliphatic carbocycles. The third-order valence-electron chi connectivity index (χ3n) is 2.17. The number of carbonyl (C=O) groups is 1. The number of H-pyrrole nitrogens is 1. The second-order valence-electron chi connectivity index (χ2n) is 3.52. The van der Waals surface area contributed by atoms with Gasteiger partial charge < -0.3 is 10.3 Å². The lowest BCUT2D eigenvalue weighted by molar-refractivity contribution is -0.114. The Morgan fingerprint density at radius 2 is 2.29 bits per heavy atom. The van der Waals surface area contributed by atoms with Crippen molar-refractivity contribution >= 4 is 23.4 Å². The first-order valence-electron chi connectivity index (χ1n) is 5.23. The molecule has 2 rings (SSSR count). The number of anilines is 1. The molecule has 5 heteroatoms. The summed E-state index contributed by atoms with van der Waals surface area (Å²) in [6.07, 6.45) is 3.52. The number of amides is 1. The number of nitrogens with one attached hydrogen (secondary N) is 2. The number of hydrogen-bond donors (Lipinski definition) is 2. The van der Waals surface area contributed by atoms with Gasteiger partial charge in [-0.2, -0.15) is 0 Å². The summed E-state index contributed by atoms with van der Waals surface area (Å²) >= 11 is 1.60. The van der Waals surface area contributed by atoms with Gasteiger partial charge in [0.2, 0.25) is 5.91 Å². The number of carbonyl (C=O) groups excluding carboxylic acids is 1. The molecule has 0 saturated heterocycles. The Kier molecular flexibility index (Phi) is 3.82. The molecule has 1 amide bonds. The zero-order valence-corrected chi connectivity index (χ0v) is 10.3. The molecule has 0 saturated carbocycles. The van der Waals surface area contributed by atoms with Crippen molar-refractivity contribution in [2.75, 3.05) is 5.32 Å². The summed E-state index contributed by atoms with van der Waals surface area (Å²) in [5, 5.41) is 3.70. The SMILES string of the molecule is CC(=O)Nc1ccccc1CSc1ncc[nH]1. The highest BCUT2D eigenvalue weighted by molar-refractivity contribution is 7.98. The lowest BCUT2D eigenvalue weighted by Gasteiger charge is -2.08. The maximum absolute atomic E-state index is 11.1. The van der Waals surface area contributed by atoms with Crippen molar-refractivity contribution in [1.29, 1.82) is 0 Å². The minimum Gasteiger partial charge on any atom is -0.340 e. The van der Waals surface area contributed by atoms with Crippen LogP contribution in [0.25, 0.3) is 0 Å². The molecular formula is C12H13N3OS. The number of aromatic amines is 1. The number of nitrogens with zero attached hydrogens (tertiary/aromatic N) is 1. The molecule has 0 atom stereocenters. The van der Waals surface area contributed by atoms with Crippen LogP contribution in [0, 0.1) is 0 Å². The van der Waals surface area contributed by atoms with Gasteiger partial charge in [0.25, 0.3) is 0 Å². The topological polar surface area (TPSA) is 57.8 Å². The van der Waals surface area contributed by atoms with Crippen molar-refractivity contribution < 1.29 is 4.79 Å². The van der Waals surface area contributed by atoms with Crippen LogP contribution in [0.2, 0.25) is 0 Å². The number of thioether (sulfide) groups is 1. The van der Waals surface area contributed by atoms with E-state index in [-0.39, 0.29) is 5.91 Å². The molecule has 17 heavy (non-hydrogen) atoms. The molecule has 0 unspecified atom stereocenters. The zero-order valence-electron chi connectivity index (χ0n) is 9.43. The summed E-state index contributed by atoms with van der Waals surface area (Å²) in [7, 11) is 0. The monoisotopic (exact) mass is 247 g/mol. The van der Waals surface area contributed by atoms with Crippen LogP contribution in [-0.2, 0) is 10.5 Å². The second kappa shape index (κ2) is 5.54. The van der Waals surface area contributed by atoms with Crippen molar-refractivity contribution in [3.63, 3.8) is 0 Å². The van der Waals surface area contributed by atoms with E-state index in [1.54, 1.807) is 24.2 Å². The number of para-hydroxylation sites is 1. The van der Waals surface area contributed by atoms with Gasteiger partial charge in [0.05, 0.1) is 0 Å². The lowest BCUT2D eigenvalue weighted by atomic mass is 10.2. The van der Waals surface area contributed by atoms with E-state index in [0.717, 1.165) is 22.2 Å². The summed E-state index contributed by atoms with van der Waals surface area (Å²) in [6, 6.07) is 7.77. The molecule has 0 fully saturated rings. The van der Waals surface area contributed by atoms with Gasteiger partial charge in [0.1, 0.15) is 0 Å². The molecule has 0 aliphatic heterocycles. The Morgan fingerprint density at radius 3 is 3.00 bits per heavy atom. The van der Waals surface area contributed by atoms with Crippen molar-refractivity contribution in [1.82, 2.24) is 9.97 Å². The highest BCUT2D eigenvalue weighted by atomic mass is 32.2. The van der Waals surface area contributed by atoms with E-state index < -0.39 is 0 Å². The second-order valence-corrected chi connectivity index (χ2v) is 4.49. The predicted octanol–water partition coefficient (Wildman–Crippen LogP) is 2.66. The van der Waals surface area contributed by atoms with Gasteiger partial charge >= 0.3 is 0 Å². The minimum absolute atomic E-state index is 0.0551. The van der Waals surface area contributed by atoms with E-state index in [9.17, 15) is 4.79 Å². The van der Waals surface area contributed by atoms with E-state index >= 15 is 0 Å². The summed E-state index contributed by atoms with van der Waals surface area (Å²) < 4.78 is 0. The number of aromatic nitrogens is 2. The molecule has 0 bridgehead atoms. The first-order chi connectivity index (χ1) is 8.25.